The number of piperidine rings is 1. The summed E-state index contributed by atoms with van der Waals surface area (Å²) in [6.45, 7) is 3.28. The van der Waals surface area contributed by atoms with Gasteiger partial charge in [0, 0.05) is 29.8 Å². The molecule has 3 rings (SSSR count). The Morgan fingerprint density at radius 3 is 3.16 bits per heavy atom. The van der Waals surface area contributed by atoms with Crippen LogP contribution in [0.2, 0.25) is 5.02 Å². The van der Waals surface area contributed by atoms with Gasteiger partial charge in [-0.25, -0.2) is 0 Å². The topological polar surface area (TPSA) is 15.3 Å². The van der Waals surface area contributed by atoms with Crippen LogP contribution in [0.5, 0.6) is 0 Å². The molecule has 2 aliphatic heterocycles. The summed E-state index contributed by atoms with van der Waals surface area (Å²) in [5, 5.41) is 4.40. The smallest absolute Gasteiger partial charge is 0.0410 e. The maximum atomic E-state index is 6.04. The maximum absolute atomic E-state index is 6.04. The summed E-state index contributed by atoms with van der Waals surface area (Å²) in [7, 11) is 0. The van der Waals surface area contributed by atoms with Gasteiger partial charge in [0.15, 0.2) is 0 Å². The molecule has 19 heavy (non-hydrogen) atoms. The Morgan fingerprint density at radius 1 is 1.37 bits per heavy atom. The molecule has 0 aromatic heterocycles. The van der Waals surface area contributed by atoms with Gasteiger partial charge < -0.3 is 10.2 Å². The summed E-state index contributed by atoms with van der Waals surface area (Å²) < 4.78 is 0. The van der Waals surface area contributed by atoms with Crippen molar-refractivity contribution in [3.63, 3.8) is 0 Å². The molecule has 1 saturated heterocycles. The Labute approximate surface area is 120 Å². The minimum Gasteiger partial charge on any atom is -0.367 e. The van der Waals surface area contributed by atoms with E-state index in [2.05, 4.69) is 34.5 Å². The van der Waals surface area contributed by atoms with Crippen LogP contribution >= 0.6 is 11.6 Å². The number of nitrogens with one attached hydrogen (secondary N) is 1. The lowest BCUT2D eigenvalue weighted by atomic mass is 10.0. The van der Waals surface area contributed by atoms with Crippen molar-refractivity contribution in [3.8, 4) is 0 Å². The Balaban J connectivity index is 1.58. The molecule has 0 bridgehead atoms. The van der Waals surface area contributed by atoms with Gasteiger partial charge in [-0.1, -0.05) is 30.2 Å². The van der Waals surface area contributed by atoms with Crippen molar-refractivity contribution in [3.05, 3.63) is 40.9 Å². The molecule has 1 aromatic carbocycles. The Hall–Kier alpha value is -0.990. The zero-order valence-corrected chi connectivity index (χ0v) is 12.0. The second-order valence-electron chi connectivity index (χ2n) is 5.45. The van der Waals surface area contributed by atoms with Gasteiger partial charge in [-0.15, -0.1) is 0 Å². The van der Waals surface area contributed by atoms with E-state index in [1.807, 2.05) is 6.07 Å². The van der Waals surface area contributed by atoms with Crippen LogP contribution in [-0.4, -0.2) is 25.7 Å². The average molecular weight is 277 g/mol. The summed E-state index contributed by atoms with van der Waals surface area (Å²) in [6, 6.07) is 6.83. The van der Waals surface area contributed by atoms with Gasteiger partial charge in [0.1, 0.15) is 0 Å². The summed E-state index contributed by atoms with van der Waals surface area (Å²) in [5.41, 5.74) is 2.74. The fourth-order valence-corrected chi connectivity index (χ4v) is 3.22. The van der Waals surface area contributed by atoms with E-state index >= 15 is 0 Å². The van der Waals surface area contributed by atoms with E-state index in [1.54, 1.807) is 0 Å². The van der Waals surface area contributed by atoms with E-state index in [0.29, 0.717) is 6.04 Å². The fraction of sp³-hybridized carbons (Fsp3) is 0.500. The number of fused-ring (bicyclic) bond motifs is 1. The Kier molecular flexibility index (Phi) is 4.09. The van der Waals surface area contributed by atoms with E-state index in [0.717, 1.165) is 24.5 Å². The standard InChI is InChI=1S/C16H21ClN2/c17-14-6-7-16-13(12-14)8-11-19(16)10-3-5-15-4-1-2-9-18-15/h3,5-7,12,15,18H,1-2,4,8-11H2/b5-3+. The highest BCUT2D eigenvalue weighted by Gasteiger charge is 2.18. The van der Waals surface area contributed by atoms with Crippen LogP contribution in [0.1, 0.15) is 24.8 Å². The van der Waals surface area contributed by atoms with Crippen LogP contribution in [0.25, 0.3) is 0 Å². The molecule has 0 aliphatic carbocycles. The molecule has 2 nitrogen and oxygen atoms in total. The van der Waals surface area contributed by atoms with Gasteiger partial charge in [0.2, 0.25) is 0 Å². The third kappa shape index (κ3) is 3.13. The molecule has 1 unspecified atom stereocenters. The lowest BCUT2D eigenvalue weighted by Crippen LogP contribution is -2.32. The summed E-state index contributed by atoms with van der Waals surface area (Å²) in [6.07, 6.45) is 9.73. The zero-order chi connectivity index (χ0) is 13.1. The van der Waals surface area contributed by atoms with Gasteiger partial charge >= 0.3 is 0 Å². The predicted molar refractivity (Wildman–Crippen MR) is 82.2 cm³/mol. The van der Waals surface area contributed by atoms with Crippen molar-refractivity contribution in [1.29, 1.82) is 0 Å². The average Bonchev–Trinajstić information content (AvgIpc) is 2.82. The van der Waals surface area contributed by atoms with Crippen molar-refractivity contribution in [2.24, 2.45) is 0 Å². The van der Waals surface area contributed by atoms with E-state index in [1.165, 1.54) is 37.1 Å². The molecule has 0 radical (unpaired) electrons. The van der Waals surface area contributed by atoms with E-state index in [4.69, 9.17) is 11.6 Å². The molecule has 3 heteroatoms. The molecule has 1 atom stereocenters. The van der Waals surface area contributed by atoms with Crippen LogP contribution in [0.15, 0.2) is 30.4 Å². The highest BCUT2D eigenvalue weighted by molar-refractivity contribution is 6.30. The largest absolute Gasteiger partial charge is 0.367 e. The summed E-state index contributed by atoms with van der Waals surface area (Å²) in [4.78, 5) is 2.44. The van der Waals surface area contributed by atoms with E-state index < -0.39 is 0 Å². The lowest BCUT2D eigenvalue weighted by molar-refractivity contribution is 0.454. The first-order valence-electron chi connectivity index (χ1n) is 7.26. The minimum absolute atomic E-state index is 0.584. The molecule has 0 amide bonds. The number of rotatable bonds is 3. The zero-order valence-electron chi connectivity index (χ0n) is 11.2. The molecular weight excluding hydrogens is 256 g/mol. The van der Waals surface area contributed by atoms with Crippen LogP contribution in [0.4, 0.5) is 5.69 Å². The molecule has 1 fully saturated rings. The maximum Gasteiger partial charge on any atom is 0.0410 e. The third-order valence-electron chi connectivity index (χ3n) is 4.08. The van der Waals surface area contributed by atoms with Crippen molar-refractivity contribution < 1.29 is 0 Å². The van der Waals surface area contributed by atoms with Gasteiger partial charge in [-0.05, 0) is 49.6 Å². The van der Waals surface area contributed by atoms with E-state index in [-0.39, 0.29) is 0 Å². The fourth-order valence-electron chi connectivity index (χ4n) is 3.02. The predicted octanol–water partition coefficient (Wildman–Crippen LogP) is 3.40. The highest BCUT2D eigenvalue weighted by Crippen LogP contribution is 2.30. The SMILES string of the molecule is Clc1ccc2c(c1)CCN2C/C=C/C1CCCCN1. The monoisotopic (exact) mass is 276 g/mol. The van der Waals surface area contributed by atoms with Crippen LogP contribution < -0.4 is 10.2 Å². The normalized spacial score (nSPS) is 23.0. The number of nitrogens with zero attached hydrogens (tertiary/aromatic N) is 1. The first kappa shape index (κ1) is 13.0. The van der Waals surface area contributed by atoms with Gasteiger partial charge in [0.25, 0.3) is 0 Å². The van der Waals surface area contributed by atoms with Gasteiger partial charge in [0.05, 0.1) is 0 Å². The number of hydrogen-bond donors (Lipinski definition) is 1. The lowest BCUT2D eigenvalue weighted by Gasteiger charge is -2.21. The number of halogens is 1. The number of benzene rings is 1. The second kappa shape index (κ2) is 5.98. The molecular formula is C16H21ClN2. The van der Waals surface area contributed by atoms with Crippen molar-refractivity contribution in [2.45, 2.75) is 31.7 Å². The first-order valence-corrected chi connectivity index (χ1v) is 7.64. The van der Waals surface area contributed by atoms with E-state index in [9.17, 15) is 0 Å². The molecule has 1 aromatic rings. The second-order valence-corrected chi connectivity index (χ2v) is 5.89. The third-order valence-corrected chi connectivity index (χ3v) is 4.31. The van der Waals surface area contributed by atoms with Crippen LogP contribution in [0, 0.1) is 0 Å². The van der Waals surface area contributed by atoms with Gasteiger partial charge in [-0.3, -0.25) is 0 Å². The van der Waals surface area contributed by atoms with Crippen molar-refractivity contribution in [2.75, 3.05) is 24.5 Å². The molecule has 102 valence electrons. The van der Waals surface area contributed by atoms with Crippen LogP contribution in [-0.2, 0) is 6.42 Å². The van der Waals surface area contributed by atoms with Crippen molar-refractivity contribution >= 4 is 17.3 Å². The van der Waals surface area contributed by atoms with Gasteiger partial charge in [-0.2, -0.15) is 0 Å². The quantitative estimate of drug-likeness (QED) is 0.852. The van der Waals surface area contributed by atoms with Crippen LogP contribution in [0.3, 0.4) is 0 Å². The molecule has 0 spiro atoms. The highest BCUT2D eigenvalue weighted by atomic mass is 35.5. The number of hydrogen-bond acceptors (Lipinski definition) is 2. The van der Waals surface area contributed by atoms with Crippen molar-refractivity contribution in [1.82, 2.24) is 5.32 Å². The molecule has 2 aliphatic rings. The molecule has 2 heterocycles. The number of anilines is 1. The summed E-state index contributed by atoms with van der Waals surface area (Å²) >= 11 is 6.04. The minimum atomic E-state index is 0.584. The Morgan fingerprint density at radius 2 is 2.32 bits per heavy atom. The summed E-state index contributed by atoms with van der Waals surface area (Å²) in [5.74, 6) is 0. The first-order chi connectivity index (χ1) is 9.33. The Bertz CT molecular complexity index is 464. The molecule has 0 saturated carbocycles. The molecule has 1 N–H and O–H groups in total.